The first-order chi connectivity index (χ1) is 9.86. The van der Waals surface area contributed by atoms with Gasteiger partial charge < -0.3 is 15.5 Å². The molecule has 0 spiro atoms. The fourth-order valence-corrected chi connectivity index (χ4v) is 2.35. The highest BCUT2D eigenvalue weighted by Crippen LogP contribution is 2.20. The summed E-state index contributed by atoms with van der Waals surface area (Å²) in [7, 11) is 0. The Hall–Kier alpha value is -2.10. The molecule has 0 radical (unpaired) electrons. The lowest BCUT2D eigenvalue weighted by molar-refractivity contribution is 0.107. The normalized spacial score (nSPS) is 11.1. The highest BCUT2D eigenvalue weighted by atomic mass is 16.5. The van der Waals surface area contributed by atoms with Gasteiger partial charge in [-0.05, 0) is 28.8 Å². The zero-order chi connectivity index (χ0) is 13.8. The number of aromatic nitrogens is 1. The minimum absolute atomic E-state index is 0.550. The summed E-state index contributed by atoms with van der Waals surface area (Å²) >= 11 is 0. The Balaban J connectivity index is 1.68. The van der Waals surface area contributed by atoms with Crippen molar-refractivity contribution in [1.29, 1.82) is 0 Å². The van der Waals surface area contributed by atoms with Crippen molar-refractivity contribution in [3.63, 3.8) is 0 Å². The minimum atomic E-state index is 0.550. The van der Waals surface area contributed by atoms with Crippen molar-refractivity contribution >= 4 is 10.9 Å². The van der Waals surface area contributed by atoms with Gasteiger partial charge in [-0.1, -0.05) is 36.4 Å². The van der Waals surface area contributed by atoms with E-state index >= 15 is 0 Å². The molecule has 0 atom stereocenters. The lowest BCUT2D eigenvalue weighted by Gasteiger charge is -2.05. The Morgan fingerprint density at radius 1 is 0.950 bits per heavy atom. The minimum Gasteiger partial charge on any atom is -0.372 e. The first-order valence-electron chi connectivity index (χ1n) is 6.77. The summed E-state index contributed by atoms with van der Waals surface area (Å²) in [5.41, 5.74) is 10.4. The molecule has 0 aliphatic rings. The molecule has 3 aromatic rings. The van der Waals surface area contributed by atoms with Crippen LogP contribution in [0.15, 0.2) is 54.7 Å². The van der Waals surface area contributed by atoms with Crippen molar-refractivity contribution < 1.29 is 4.74 Å². The van der Waals surface area contributed by atoms with Crippen LogP contribution in [-0.4, -0.2) is 4.98 Å². The standard InChI is InChI=1S/C17H18N2O/c18-9-15-10-19-17-7-6-14(8-16(15)17)12-20-11-13-4-2-1-3-5-13/h1-8,10,19H,9,11-12,18H2. The van der Waals surface area contributed by atoms with Crippen molar-refractivity contribution in [3.8, 4) is 0 Å². The fourth-order valence-electron chi connectivity index (χ4n) is 2.35. The van der Waals surface area contributed by atoms with Gasteiger partial charge in [0.15, 0.2) is 0 Å². The number of nitrogens with two attached hydrogens (primary N) is 1. The molecule has 0 bridgehead atoms. The summed E-state index contributed by atoms with van der Waals surface area (Å²) in [4.78, 5) is 3.23. The lowest BCUT2D eigenvalue weighted by atomic mass is 10.1. The molecular weight excluding hydrogens is 248 g/mol. The van der Waals surface area contributed by atoms with Crippen molar-refractivity contribution in [2.24, 2.45) is 5.73 Å². The monoisotopic (exact) mass is 266 g/mol. The van der Waals surface area contributed by atoms with E-state index in [0.717, 1.165) is 11.1 Å². The van der Waals surface area contributed by atoms with E-state index in [1.54, 1.807) is 0 Å². The Morgan fingerprint density at radius 3 is 2.55 bits per heavy atom. The third-order valence-corrected chi connectivity index (χ3v) is 3.43. The van der Waals surface area contributed by atoms with Crippen LogP contribution in [-0.2, 0) is 24.5 Å². The molecule has 3 heteroatoms. The van der Waals surface area contributed by atoms with Gasteiger partial charge in [-0.2, -0.15) is 0 Å². The van der Waals surface area contributed by atoms with Crippen LogP contribution in [0.4, 0.5) is 0 Å². The van der Waals surface area contributed by atoms with Crippen LogP contribution in [0.2, 0.25) is 0 Å². The number of rotatable bonds is 5. The highest BCUT2D eigenvalue weighted by Gasteiger charge is 2.03. The molecule has 0 saturated heterocycles. The molecule has 0 aliphatic heterocycles. The lowest BCUT2D eigenvalue weighted by Crippen LogP contribution is -1.96. The van der Waals surface area contributed by atoms with Crippen molar-refractivity contribution in [2.75, 3.05) is 0 Å². The number of aromatic amines is 1. The van der Waals surface area contributed by atoms with E-state index in [-0.39, 0.29) is 0 Å². The topological polar surface area (TPSA) is 51.0 Å². The predicted octanol–water partition coefficient (Wildman–Crippen LogP) is 3.34. The molecule has 2 aromatic carbocycles. The molecule has 102 valence electrons. The number of hydrogen-bond acceptors (Lipinski definition) is 2. The van der Waals surface area contributed by atoms with Crippen molar-refractivity contribution in [1.82, 2.24) is 4.98 Å². The van der Waals surface area contributed by atoms with Gasteiger partial charge in [0.1, 0.15) is 0 Å². The summed E-state index contributed by atoms with van der Waals surface area (Å²) in [5.74, 6) is 0. The maximum atomic E-state index is 5.76. The first-order valence-corrected chi connectivity index (χ1v) is 6.77. The van der Waals surface area contributed by atoms with Gasteiger partial charge in [0.2, 0.25) is 0 Å². The summed E-state index contributed by atoms with van der Waals surface area (Å²) in [6, 6.07) is 16.5. The largest absolute Gasteiger partial charge is 0.372 e. The second kappa shape index (κ2) is 5.90. The number of nitrogens with one attached hydrogen (secondary N) is 1. The van der Waals surface area contributed by atoms with Crippen LogP contribution in [0.5, 0.6) is 0 Å². The zero-order valence-electron chi connectivity index (χ0n) is 11.3. The van der Waals surface area contributed by atoms with E-state index in [1.165, 1.54) is 16.5 Å². The van der Waals surface area contributed by atoms with Gasteiger partial charge >= 0.3 is 0 Å². The molecule has 0 aliphatic carbocycles. The third-order valence-electron chi connectivity index (χ3n) is 3.43. The van der Waals surface area contributed by atoms with Crippen LogP contribution in [0.1, 0.15) is 16.7 Å². The van der Waals surface area contributed by atoms with Gasteiger partial charge in [0, 0.05) is 23.6 Å². The van der Waals surface area contributed by atoms with Crippen LogP contribution < -0.4 is 5.73 Å². The molecule has 0 unspecified atom stereocenters. The van der Waals surface area contributed by atoms with Crippen LogP contribution in [0.3, 0.4) is 0 Å². The van der Waals surface area contributed by atoms with E-state index in [0.29, 0.717) is 19.8 Å². The van der Waals surface area contributed by atoms with Crippen LogP contribution in [0, 0.1) is 0 Å². The van der Waals surface area contributed by atoms with E-state index in [4.69, 9.17) is 10.5 Å². The molecule has 0 saturated carbocycles. The van der Waals surface area contributed by atoms with Crippen molar-refractivity contribution in [2.45, 2.75) is 19.8 Å². The van der Waals surface area contributed by atoms with Crippen LogP contribution in [0.25, 0.3) is 10.9 Å². The SMILES string of the molecule is NCc1c[nH]c2ccc(COCc3ccccc3)cc12. The molecular formula is C17H18N2O. The number of benzene rings is 2. The molecule has 0 fully saturated rings. The van der Waals surface area contributed by atoms with E-state index in [2.05, 4.69) is 35.3 Å². The summed E-state index contributed by atoms with van der Waals surface area (Å²) in [6.07, 6.45) is 1.97. The zero-order valence-corrected chi connectivity index (χ0v) is 11.3. The number of ether oxygens (including phenoxy) is 1. The van der Waals surface area contributed by atoms with E-state index in [9.17, 15) is 0 Å². The molecule has 20 heavy (non-hydrogen) atoms. The number of fused-ring (bicyclic) bond motifs is 1. The van der Waals surface area contributed by atoms with Gasteiger partial charge in [0.05, 0.1) is 13.2 Å². The van der Waals surface area contributed by atoms with Crippen molar-refractivity contribution in [3.05, 3.63) is 71.4 Å². The Kier molecular flexibility index (Phi) is 3.81. The number of hydrogen-bond donors (Lipinski definition) is 2. The molecule has 3 nitrogen and oxygen atoms in total. The van der Waals surface area contributed by atoms with E-state index < -0.39 is 0 Å². The fraction of sp³-hybridized carbons (Fsp3) is 0.176. The molecule has 1 aromatic heterocycles. The van der Waals surface area contributed by atoms with Crippen LogP contribution >= 0.6 is 0 Å². The maximum Gasteiger partial charge on any atom is 0.0721 e. The number of H-pyrrole nitrogens is 1. The molecule has 1 heterocycles. The summed E-state index contributed by atoms with van der Waals surface area (Å²) in [5, 5.41) is 1.19. The maximum absolute atomic E-state index is 5.76. The smallest absolute Gasteiger partial charge is 0.0721 e. The Bertz CT molecular complexity index is 689. The molecule has 0 amide bonds. The molecule has 3 rings (SSSR count). The van der Waals surface area contributed by atoms with E-state index in [1.807, 2.05) is 24.4 Å². The summed E-state index contributed by atoms with van der Waals surface area (Å²) in [6.45, 7) is 1.80. The third kappa shape index (κ3) is 2.74. The Morgan fingerprint density at radius 2 is 1.75 bits per heavy atom. The average Bonchev–Trinajstić information content (AvgIpc) is 2.91. The quantitative estimate of drug-likeness (QED) is 0.744. The predicted molar refractivity (Wildman–Crippen MR) is 81.1 cm³/mol. The second-order valence-corrected chi connectivity index (χ2v) is 4.88. The molecule has 3 N–H and O–H groups in total. The summed E-state index contributed by atoms with van der Waals surface area (Å²) < 4.78 is 5.76. The highest BCUT2D eigenvalue weighted by molar-refractivity contribution is 5.83. The second-order valence-electron chi connectivity index (χ2n) is 4.88. The first kappa shape index (κ1) is 12.9. The van der Waals surface area contributed by atoms with Gasteiger partial charge in [-0.25, -0.2) is 0 Å². The van der Waals surface area contributed by atoms with Gasteiger partial charge in [-0.15, -0.1) is 0 Å². The average molecular weight is 266 g/mol. The van der Waals surface area contributed by atoms with Gasteiger partial charge in [0.25, 0.3) is 0 Å². The van der Waals surface area contributed by atoms with Gasteiger partial charge in [-0.3, -0.25) is 0 Å². The Labute approximate surface area is 118 Å².